The van der Waals surface area contributed by atoms with Crippen LogP contribution in [0.15, 0.2) is 23.4 Å². The molecule has 1 unspecified atom stereocenters. The minimum atomic E-state index is -3.60. The van der Waals surface area contributed by atoms with Crippen molar-refractivity contribution >= 4 is 21.4 Å². The molecule has 7 heteroatoms. The van der Waals surface area contributed by atoms with Crippen LogP contribution in [0.2, 0.25) is 0 Å². The zero-order valence-corrected chi connectivity index (χ0v) is 9.57. The third-order valence-corrected chi connectivity index (χ3v) is 4.08. The average molecular weight is 243 g/mol. The molecule has 1 aromatic rings. The molecule has 0 radical (unpaired) electrons. The number of nitrogens with zero attached hydrogens (tertiary/aromatic N) is 1. The third-order valence-electron chi connectivity index (χ3n) is 2.10. The fraction of sp³-hybridized carbons (Fsp3) is 0.333. The molecule has 0 saturated heterocycles. The van der Waals surface area contributed by atoms with Gasteiger partial charge in [0.2, 0.25) is 5.91 Å². The molecule has 4 N–H and O–H groups in total. The van der Waals surface area contributed by atoms with Gasteiger partial charge in [-0.3, -0.25) is 9.78 Å². The Labute approximate surface area is 93.6 Å². The fourth-order valence-electron chi connectivity index (χ4n) is 1.18. The van der Waals surface area contributed by atoms with Crippen LogP contribution in [0.3, 0.4) is 0 Å². The topological polar surface area (TPSA) is 116 Å². The highest BCUT2D eigenvalue weighted by molar-refractivity contribution is 7.91. The third kappa shape index (κ3) is 2.69. The molecule has 0 aromatic carbocycles. The molecule has 0 saturated carbocycles. The molecule has 1 rings (SSSR count). The van der Waals surface area contributed by atoms with Crippen LogP contribution < -0.4 is 11.5 Å². The van der Waals surface area contributed by atoms with E-state index < -0.39 is 21.7 Å². The number of aromatic nitrogens is 1. The highest BCUT2D eigenvalue weighted by atomic mass is 32.2. The van der Waals surface area contributed by atoms with Gasteiger partial charge in [-0.2, -0.15) is 0 Å². The summed E-state index contributed by atoms with van der Waals surface area (Å²) in [5.74, 6) is -1.76. The summed E-state index contributed by atoms with van der Waals surface area (Å²) in [7, 11) is -3.60. The Kier molecular flexibility index (Phi) is 3.48. The maximum Gasteiger partial charge on any atom is 0.221 e. The van der Waals surface area contributed by atoms with Crippen molar-refractivity contribution in [2.24, 2.45) is 11.7 Å². The lowest BCUT2D eigenvalue weighted by Gasteiger charge is -2.09. The maximum absolute atomic E-state index is 11.9. The van der Waals surface area contributed by atoms with Gasteiger partial charge in [-0.25, -0.2) is 8.42 Å². The quantitative estimate of drug-likeness (QED) is 0.743. The van der Waals surface area contributed by atoms with E-state index in [0.717, 1.165) is 0 Å². The predicted molar refractivity (Wildman–Crippen MR) is 59.1 cm³/mol. The maximum atomic E-state index is 11.9. The molecule has 6 nitrogen and oxygen atoms in total. The van der Waals surface area contributed by atoms with Gasteiger partial charge in [0.15, 0.2) is 9.84 Å². The Bertz CT molecular complexity index is 498. The molecule has 1 amide bonds. The summed E-state index contributed by atoms with van der Waals surface area (Å²) < 4.78 is 23.7. The molecular weight excluding hydrogens is 230 g/mol. The standard InChI is InChI=1S/C9H13N3O3S/c1-6(9(11)13)5-16(14,15)8-2-3-12-4-7(8)10/h2-4,6H,5,10H2,1H3,(H2,11,13). The zero-order chi connectivity index (χ0) is 12.3. The Morgan fingerprint density at radius 2 is 2.19 bits per heavy atom. The van der Waals surface area contributed by atoms with Crippen molar-refractivity contribution in [1.29, 1.82) is 0 Å². The van der Waals surface area contributed by atoms with E-state index in [4.69, 9.17) is 11.5 Å². The highest BCUT2D eigenvalue weighted by Crippen LogP contribution is 2.19. The molecule has 88 valence electrons. The van der Waals surface area contributed by atoms with Gasteiger partial charge in [0.05, 0.1) is 22.5 Å². The zero-order valence-electron chi connectivity index (χ0n) is 8.75. The van der Waals surface area contributed by atoms with E-state index >= 15 is 0 Å². The van der Waals surface area contributed by atoms with Crippen LogP contribution in [0.25, 0.3) is 0 Å². The molecule has 0 fully saturated rings. The second-order valence-corrected chi connectivity index (χ2v) is 5.50. The number of nitrogen functional groups attached to an aromatic ring is 1. The second-order valence-electron chi connectivity index (χ2n) is 3.50. The molecule has 16 heavy (non-hydrogen) atoms. The normalized spacial score (nSPS) is 13.3. The molecular formula is C9H13N3O3S. The number of primary amides is 1. The SMILES string of the molecule is CC(CS(=O)(=O)c1ccncc1N)C(N)=O. The van der Waals surface area contributed by atoms with Gasteiger partial charge < -0.3 is 11.5 Å². The van der Waals surface area contributed by atoms with Crippen LogP contribution >= 0.6 is 0 Å². The van der Waals surface area contributed by atoms with Gasteiger partial charge in [0.25, 0.3) is 0 Å². The van der Waals surface area contributed by atoms with Crippen molar-refractivity contribution in [2.45, 2.75) is 11.8 Å². The molecule has 0 bridgehead atoms. The number of sulfone groups is 1. The van der Waals surface area contributed by atoms with E-state index in [0.29, 0.717) is 0 Å². The monoisotopic (exact) mass is 243 g/mol. The van der Waals surface area contributed by atoms with Crippen LogP contribution in [0, 0.1) is 5.92 Å². The lowest BCUT2D eigenvalue weighted by atomic mass is 10.2. The smallest absolute Gasteiger partial charge is 0.221 e. The molecule has 0 spiro atoms. The first-order valence-electron chi connectivity index (χ1n) is 4.56. The minimum Gasteiger partial charge on any atom is -0.396 e. The summed E-state index contributed by atoms with van der Waals surface area (Å²) in [5, 5.41) is 0. The van der Waals surface area contributed by atoms with Gasteiger partial charge in [0.1, 0.15) is 0 Å². The van der Waals surface area contributed by atoms with Crippen molar-refractivity contribution < 1.29 is 13.2 Å². The van der Waals surface area contributed by atoms with E-state index in [1.165, 1.54) is 25.4 Å². The van der Waals surface area contributed by atoms with Gasteiger partial charge in [-0.1, -0.05) is 6.92 Å². The lowest BCUT2D eigenvalue weighted by Crippen LogP contribution is -2.27. The van der Waals surface area contributed by atoms with Crippen molar-refractivity contribution in [1.82, 2.24) is 4.98 Å². The highest BCUT2D eigenvalue weighted by Gasteiger charge is 2.23. The summed E-state index contributed by atoms with van der Waals surface area (Å²) in [6.07, 6.45) is 2.58. The number of hydrogen-bond donors (Lipinski definition) is 2. The van der Waals surface area contributed by atoms with Crippen LogP contribution in [-0.4, -0.2) is 25.1 Å². The van der Waals surface area contributed by atoms with E-state index in [1.807, 2.05) is 0 Å². The summed E-state index contributed by atoms with van der Waals surface area (Å²) in [4.78, 5) is 14.5. The number of anilines is 1. The first kappa shape index (κ1) is 12.4. The number of carbonyl (C=O) groups is 1. The lowest BCUT2D eigenvalue weighted by molar-refractivity contribution is -0.120. The van der Waals surface area contributed by atoms with Crippen molar-refractivity contribution in [2.75, 3.05) is 11.5 Å². The molecule has 1 atom stereocenters. The second kappa shape index (κ2) is 4.48. The van der Waals surface area contributed by atoms with E-state index in [9.17, 15) is 13.2 Å². The minimum absolute atomic E-state index is 0.0180. The largest absolute Gasteiger partial charge is 0.396 e. The van der Waals surface area contributed by atoms with E-state index in [2.05, 4.69) is 4.98 Å². The van der Waals surface area contributed by atoms with Crippen molar-refractivity contribution in [3.05, 3.63) is 18.5 Å². The summed E-state index contributed by atoms with van der Waals surface area (Å²) >= 11 is 0. The summed E-state index contributed by atoms with van der Waals surface area (Å²) in [5.41, 5.74) is 10.6. The number of carbonyl (C=O) groups excluding carboxylic acids is 1. The number of hydrogen-bond acceptors (Lipinski definition) is 5. The molecule has 0 aliphatic heterocycles. The molecule has 1 heterocycles. The Balaban J connectivity index is 3.04. The van der Waals surface area contributed by atoms with E-state index in [-0.39, 0.29) is 16.3 Å². The number of nitrogens with two attached hydrogens (primary N) is 2. The Morgan fingerprint density at radius 3 is 2.69 bits per heavy atom. The first-order valence-corrected chi connectivity index (χ1v) is 6.21. The van der Waals surface area contributed by atoms with Crippen LogP contribution in [0.4, 0.5) is 5.69 Å². The molecule has 0 aliphatic rings. The fourth-order valence-corrected chi connectivity index (χ4v) is 2.86. The first-order chi connectivity index (χ1) is 7.34. The van der Waals surface area contributed by atoms with Gasteiger partial charge in [-0.05, 0) is 6.07 Å². The summed E-state index contributed by atoms with van der Waals surface area (Å²) in [6.45, 7) is 1.46. The van der Waals surface area contributed by atoms with Crippen LogP contribution in [0.5, 0.6) is 0 Å². The van der Waals surface area contributed by atoms with Gasteiger partial charge in [0, 0.05) is 12.1 Å². The van der Waals surface area contributed by atoms with Gasteiger partial charge >= 0.3 is 0 Å². The number of pyridine rings is 1. The van der Waals surface area contributed by atoms with Crippen LogP contribution in [-0.2, 0) is 14.6 Å². The Morgan fingerprint density at radius 1 is 1.56 bits per heavy atom. The average Bonchev–Trinajstić information content (AvgIpc) is 2.17. The van der Waals surface area contributed by atoms with Gasteiger partial charge in [-0.15, -0.1) is 0 Å². The Hall–Kier alpha value is -1.63. The van der Waals surface area contributed by atoms with Crippen LogP contribution in [0.1, 0.15) is 6.92 Å². The van der Waals surface area contributed by atoms with E-state index in [1.54, 1.807) is 0 Å². The predicted octanol–water partition coefficient (Wildman–Crippen LogP) is -0.441. The number of rotatable bonds is 4. The molecule has 1 aromatic heterocycles. The van der Waals surface area contributed by atoms with Crippen molar-refractivity contribution in [3.8, 4) is 0 Å². The summed E-state index contributed by atoms with van der Waals surface area (Å²) in [6, 6.07) is 1.30. The molecule has 0 aliphatic carbocycles. The van der Waals surface area contributed by atoms with Crippen molar-refractivity contribution in [3.63, 3.8) is 0 Å². The number of amides is 1.